The second-order valence-corrected chi connectivity index (χ2v) is 6.92. The molecule has 4 heteroatoms. The number of hydrogen-bond donors (Lipinski definition) is 0. The van der Waals surface area contributed by atoms with E-state index in [1.807, 2.05) is 36.4 Å². The van der Waals surface area contributed by atoms with E-state index in [9.17, 15) is 13.6 Å². The highest BCUT2D eigenvalue weighted by molar-refractivity contribution is 6.05. The molecule has 0 saturated heterocycles. The number of hydrogen-bond acceptors (Lipinski definition) is 1. The van der Waals surface area contributed by atoms with Gasteiger partial charge in [0.2, 0.25) is 5.91 Å². The Bertz CT molecular complexity index is 1030. The van der Waals surface area contributed by atoms with Gasteiger partial charge in [0.15, 0.2) is 0 Å². The second kappa shape index (κ2) is 7.39. The van der Waals surface area contributed by atoms with Crippen LogP contribution >= 0.6 is 0 Å². The van der Waals surface area contributed by atoms with Crippen molar-refractivity contribution >= 4 is 17.7 Å². The number of carbonyl (C=O) groups is 1. The Morgan fingerprint density at radius 2 is 1.50 bits per heavy atom. The number of nitrogens with zero attached hydrogens (tertiary/aromatic N) is 1. The van der Waals surface area contributed by atoms with Crippen molar-refractivity contribution in [2.24, 2.45) is 0 Å². The number of fused-ring (bicyclic) bond motifs is 1. The van der Waals surface area contributed by atoms with Crippen LogP contribution in [0.5, 0.6) is 0 Å². The average Bonchev–Trinajstić information content (AvgIpc) is 2.96. The number of halogens is 2. The van der Waals surface area contributed by atoms with Crippen molar-refractivity contribution in [2.45, 2.75) is 11.8 Å². The first-order chi connectivity index (χ1) is 13.5. The van der Waals surface area contributed by atoms with Gasteiger partial charge in [-0.1, -0.05) is 54.6 Å². The molecule has 0 radical (unpaired) electrons. The Balaban J connectivity index is 1.78. The van der Waals surface area contributed by atoms with Crippen molar-refractivity contribution in [1.29, 1.82) is 0 Å². The van der Waals surface area contributed by atoms with Crippen molar-refractivity contribution in [3.8, 4) is 0 Å². The van der Waals surface area contributed by atoms with Crippen LogP contribution < -0.4 is 4.90 Å². The summed E-state index contributed by atoms with van der Waals surface area (Å²) >= 11 is 0. The van der Waals surface area contributed by atoms with Gasteiger partial charge in [-0.3, -0.25) is 4.79 Å². The summed E-state index contributed by atoms with van der Waals surface area (Å²) in [4.78, 5) is 14.7. The summed E-state index contributed by atoms with van der Waals surface area (Å²) in [6, 6.07) is 20.1. The molecule has 140 valence electrons. The van der Waals surface area contributed by atoms with Crippen LogP contribution in [0.3, 0.4) is 0 Å². The number of allylic oxidation sites excluding steroid dienone is 1. The predicted molar refractivity (Wildman–Crippen MR) is 107 cm³/mol. The van der Waals surface area contributed by atoms with E-state index in [2.05, 4.69) is 0 Å². The lowest BCUT2D eigenvalue weighted by Crippen LogP contribution is -2.26. The fraction of sp³-hybridized carbons (Fsp3) is 0.125. The quantitative estimate of drug-likeness (QED) is 0.588. The van der Waals surface area contributed by atoms with Gasteiger partial charge in [0.25, 0.3) is 0 Å². The molecule has 2 nitrogen and oxygen atoms in total. The molecule has 1 amide bonds. The summed E-state index contributed by atoms with van der Waals surface area (Å²) in [5.74, 6) is -1.29. The Labute approximate surface area is 162 Å². The Morgan fingerprint density at radius 3 is 2.18 bits per heavy atom. The van der Waals surface area contributed by atoms with Gasteiger partial charge in [0, 0.05) is 18.7 Å². The van der Waals surface area contributed by atoms with Crippen LogP contribution in [0.15, 0.2) is 78.9 Å². The molecule has 0 unspecified atom stereocenters. The maximum absolute atomic E-state index is 13.5. The number of carbonyl (C=O) groups excluding carboxylic acids is 1. The monoisotopic (exact) mass is 375 g/mol. The lowest BCUT2D eigenvalue weighted by molar-refractivity contribution is -0.119. The van der Waals surface area contributed by atoms with Crippen molar-refractivity contribution in [3.05, 3.63) is 107 Å². The lowest BCUT2D eigenvalue weighted by atomic mass is 9.81. The van der Waals surface area contributed by atoms with E-state index in [0.717, 1.165) is 22.4 Å². The van der Waals surface area contributed by atoms with Gasteiger partial charge in [0.05, 0.1) is 5.92 Å². The largest absolute Gasteiger partial charge is 0.315 e. The summed E-state index contributed by atoms with van der Waals surface area (Å²) < 4.78 is 26.6. The van der Waals surface area contributed by atoms with E-state index in [0.29, 0.717) is 0 Å². The standard InChI is InChI=1S/C24H19F2NO/c1-27-22-5-3-2-4-21(22)23(24(27)28)20(17-9-13-19(26)14-10-17)15-8-16-6-11-18(25)12-7-16/h2-15,20,23H,1H3/b15-8+/t20-,23+/m0/s1. The zero-order chi connectivity index (χ0) is 19.7. The summed E-state index contributed by atoms with van der Waals surface area (Å²) in [5, 5.41) is 0. The van der Waals surface area contributed by atoms with Gasteiger partial charge < -0.3 is 4.90 Å². The van der Waals surface area contributed by atoms with E-state index in [1.165, 1.54) is 24.3 Å². The number of likely N-dealkylation sites (N-methyl/N-ethyl adjacent to an activating group) is 1. The fourth-order valence-electron chi connectivity index (χ4n) is 3.75. The zero-order valence-corrected chi connectivity index (χ0v) is 15.3. The van der Waals surface area contributed by atoms with Crippen molar-refractivity contribution in [2.75, 3.05) is 11.9 Å². The SMILES string of the molecule is CN1C(=O)[C@H]([C@@H](/C=C/c2ccc(F)cc2)c2ccc(F)cc2)c2ccccc21. The molecular formula is C24H19F2NO. The highest BCUT2D eigenvalue weighted by atomic mass is 19.1. The second-order valence-electron chi connectivity index (χ2n) is 6.92. The molecule has 1 aliphatic heterocycles. The van der Waals surface area contributed by atoms with Crippen LogP contribution in [0, 0.1) is 11.6 Å². The topological polar surface area (TPSA) is 20.3 Å². The van der Waals surface area contributed by atoms with E-state index < -0.39 is 5.92 Å². The number of para-hydroxylation sites is 1. The molecule has 4 rings (SSSR count). The Hall–Kier alpha value is -3.27. The lowest BCUT2D eigenvalue weighted by Gasteiger charge is -2.21. The maximum Gasteiger partial charge on any atom is 0.235 e. The molecule has 3 aromatic rings. The van der Waals surface area contributed by atoms with Gasteiger partial charge in [-0.25, -0.2) is 8.78 Å². The molecular weight excluding hydrogens is 356 g/mol. The Morgan fingerprint density at radius 1 is 0.893 bits per heavy atom. The highest BCUT2D eigenvalue weighted by Crippen LogP contribution is 2.45. The highest BCUT2D eigenvalue weighted by Gasteiger charge is 2.39. The number of amides is 1. The third kappa shape index (κ3) is 3.33. The first-order valence-electron chi connectivity index (χ1n) is 9.10. The smallest absolute Gasteiger partial charge is 0.235 e. The van der Waals surface area contributed by atoms with Gasteiger partial charge in [-0.2, -0.15) is 0 Å². The molecule has 0 spiro atoms. The van der Waals surface area contributed by atoms with Crippen molar-refractivity contribution in [1.82, 2.24) is 0 Å². The molecule has 0 saturated carbocycles. The molecule has 0 fully saturated rings. The Kier molecular flexibility index (Phi) is 4.78. The summed E-state index contributed by atoms with van der Waals surface area (Å²) in [6.07, 6.45) is 3.82. The maximum atomic E-state index is 13.5. The van der Waals surface area contributed by atoms with E-state index >= 15 is 0 Å². The van der Waals surface area contributed by atoms with Crippen LogP contribution in [0.1, 0.15) is 28.5 Å². The molecule has 1 heterocycles. The van der Waals surface area contributed by atoms with Gasteiger partial charge in [0.1, 0.15) is 11.6 Å². The fourth-order valence-corrected chi connectivity index (χ4v) is 3.75. The molecule has 3 aromatic carbocycles. The van der Waals surface area contributed by atoms with Gasteiger partial charge in [-0.15, -0.1) is 0 Å². The van der Waals surface area contributed by atoms with E-state index in [-0.39, 0.29) is 23.5 Å². The van der Waals surface area contributed by atoms with Crippen LogP contribution in [0.2, 0.25) is 0 Å². The van der Waals surface area contributed by atoms with Crippen LogP contribution in [0.25, 0.3) is 6.08 Å². The normalized spacial score (nSPS) is 17.2. The zero-order valence-electron chi connectivity index (χ0n) is 15.3. The minimum Gasteiger partial charge on any atom is -0.315 e. The minimum absolute atomic E-state index is 0.000666. The minimum atomic E-state index is -0.400. The summed E-state index contributed by atoms with van der Waals surface area (Å²) in [6.45, 7) is 0. The molecule has 0 aliphatic carbocycles. The van der Waals surface area contributed by atoms with E-state index in [1.54, 1.807) is 36.2 Å². The van der Waals surface area contributed by atoms with Crippen LogP contribution in [-0.4, -0.2) is 13.0 Å². The van der Waals surface area contributed by atoms with Crippen molar-refractivity contribution < 1.29 is 13.6 Å². The van der Waals surface area contributed by atoms with E-state index in [4.69, 9.17) is 0 Å². The number of anilines is 1. The average molecular weight is 375 g/mol. The number of rotatable bonds is 4. The van der Waals surface area contributed by atoms with Gasteiger partial charge >= 0.3 is 0 Å². The molecule has 28 heavy (non-hydrogen) atoms. The first-order valence-corrected chi connectivity index (χ1v) is 9.10. The molecule has 0 aromatic heterocycles. The molecule has 1 aliphatic rings. The molecule has 2 atom stereocenters. The molecule has 0 bridgehead atoms. The number of benzene rings is 3. The summed E-state index contributed by atoms with van der Waals surface area (Å²) in [7, 11) is 1.77. The van der Waals surface area contributed by atoms with Crippen molar-refractivity contribution in [3.63, 3.8) is 0 Å². The third-order valence-electron chi connectivity index (χ3n) is 5.21. The molecule has 0 N–H and O–H groups in total. The predicted octanol–water partition coefficient (Wildman–Crippen LogP) is 5.52. The summed E-state index contributed by atoms with van der Waals surface area (Å²) in [5.41, 5.74) is 3.52. The van der Waals surface area contributed by atoms with Crippen LogP contribution in [-0.2, 0) is 4.79 Å². The third-order valence-corrected chi connectivity index (χ3v) is 5.21. The first kappa shape index (κ1) is 18.1. The van der Waals surface area contributed by atoms with Crippen LogP contribution in [0.4, 0.5) is 14.5 Å². The van der Waals surface area contributed by atoms with Gasteiger partial charge in [-0.05, 0) is 47.0 Å².